The number of carbonyl (C=O) groups is 2. The van der Waals surface area contributed by atoms with Gasteiger partial charge in [0.1, 0.15) is 17.1 Å². The Hall–Kier alpha value is -2.77. The predicted octanol–water partition coefficient (Wildman–Crippen LogP) is 4.10. The van der Waals surface area contributed by atoms with Crippen LogP contribution >= 0.6 is 0 Å². The van der Waals surface area contributed by atoms with Gasteiger partial charge in [-0.15, -0.1) is 0 Å². The monoisotopic (exact) mass is 355 g/mol. The standard InChI is InChI=1S/C17H16F3NO4/c1-9-7-14(10(2)24-9)16(23)25-11(3)15(22)21-13-6-4-5-12(8-13)17(18,19)20/h4-8,11H,1-3H3,(H,21,22). The van der Waals surface area contributed by atoms with Crippen molar-refractivity contribution in [2.45, 2.75) is 33.1 Å². The van der Waals surface area contributed by atoms with E-state index in [0.717, 1.165) is 12.1 Å². The van der Waals surface area contributed by atoms with E-state index in [2.05, 4.69) is 5.32 Å². The van der Waals surface area contributed by atoms with E-state index in [1.807, 2.05) is 0 Å². The summed E-state index contributed by atoms with van der Waals surface area (Å²) < 4.78 is 48.3. The molecule has 1 N–H and O–H groups in total. The minimum atomic E-state index is -4.52. The summed E-state index contributed by atoms with van der Waals surface area (Å²) in [6.45, 7) is 4.56. The number of anilines is 1. The highest BCUT2D eigenvalue weighted by atomic mass is 19.4. The number of amides is 1. The number of furan rings is 1. The molecule has 0 aliphatic rings. The summed E-state index contributed by atoms with van der Waals surface area (Å²) in [5.74, 6) is -0.620. The zero-order valence-electron chi connectivity index (χ0n) is 13.7. The molecule has 0 bridgehead atoms. The lowest BCUT2D eigenvalue weighted by atomic mass is 10.2. The van der Waals surface area contributed by atoms with Gasteiger partial charge in [0.15, 0.2) is 6.10 Å². The number of rotatable bonds is 4. The van der Waals surface area contributed by atoms with Gasteiger partial charge in [0, 0.05) is 5.69 Å². The fraction of sp³-hybridized carbons (Fsp3) is 0.294. The van der Waals surface area contributed by atoms with Gasteiger partial charge in [-0.2, -0.15) is 13.2 Å². The van der Waals surface area contributed by atoms with E-state index in [1.54, 1.807) is 13.8 Å². The van der Waals surface area contributed by atoms with Crippen molar-refractivity contribution >= 4 is 17.6 Å². The van der Waals surface area contributed by atoms with E-state index in [1.165, 1.54) is 25.1 Å². The first kappa shape index (κ1) is 18.6. The fourth-order valence-corrected chi connectivity index (χ4v) is 2.13. The van der Waals surface area contributed by atoms with Crippen LogP contribution in [-0.2, 0) is 15.7 Å². The van der Waals surface area contributed by atoms with Crippen molar-refractivity contribution < 1.29 is 31.9 Å². The highest BCUT2D eigenvalue weighted by molar-refractivity contribution is 5.97. The number of aryl methyl sites for hydroxylation is 2. The second-order valence-corrected chi connectivity index (χ2v) is 5.44. The van der Waals surface area contributed by atoms with E-state index in [4.69, 9.17) is 9.15 Å². The Morgan fingerprint density at radius 2 is 1.88 bits per heavy atom. The van der Waals surface area contributed by atoms with Crippen molar-refractivity contribution in [1.29, 1.82) is 0 Å². The average Bonchev–Trinajstić information content (AvgIpc) is 2.85. The summed E-state index contributed by atoms with van der Waals surface area (Å²) in [7, 11) is 0. The SMILES string of the molecule is Cc1cc(C(=O)OC(C)C(=O)Nc2cccc(C(F)(F)F)c2)c(C)o1. The van der Waals surface area contributed by atoms with Gasteiger partial charge in [-0.1, -0.05) is 6.07 Å². The molecule has 1 amide bonds. The van der Waals surface area contributed by atoms with Crippen LogP contribution < -0.4 is 5.32 Å². The fourth-order valence-electron chi connectivity index (χ4n) is 2.13. The van der Waals surface area contributed by atoms with Crippen LogP contribution in [0.2, 0.25) is 0 Å². The molecule has 1 atom stereocenters. The predicted molar refractivity (Wildman–Crippen MR) is 83.1 cm³/mol. The molecule has 0 saturated heterocycles. The zero-order chi connectivity index (χ0) is 18.8. The van der Waals surface area contributed by atoms with Crippen LogP contribution in [0.15, 0.2) is 34.7 Å². The molecule has 1 heterocycles. The van der Waals surface area contributed by atoms with Crippen LogP contribution in [0.25, 0.3) is 0 Å². The van der Waals surface area contributed by atoms with Crippen LogP contribution in [0.5, 0.6) is 0 Å². The third kappa shape index (κ3) is 4.62. The van der Waals surface area contributed by atoms with E-state index >= 15 is 0 Å². The van der Waals surface area contributed by atoms with E-state index < -0.39 is 29.7 Å². The Morgan fingerprint density at radius 1 is 1.20 bits per heavy atom. The number of hydrogen-bond acceptors (Lipinski definition) is 4. The van der Waals surface area contributed by atoms with Gasteiger partial charge in [0.25, 0.3) is 5.91 Å². The molecule has 8 heteroatoms. The highest BCUT2D eigenvalue weighted by Crippen LogP contribution is 2.30. The van der Waals surface area contributed by atoms with Gasteiger partial charge >= 0.3 is 12.1 Å². The molecule has 1 aromatic carbocycles. The average molecular weight is 355 g/mol. The number of esters is 1. The number of carbonyl (C=O) groups excluding carboxylic acids is 2. The number of ether oxygens (including phenoxy) is 1. The Morgan fingerprint density at radius 3 is 2.44 bits per heavy atom. The maximum Gasteiger partial charge on any atom is 0.416 e. The molecular formula is C17H16F3NO4. The van der Waals surface area contributed by atoms with Crippen molar-refractivity contribution in [1.82, 2.24) is 0 Å². The molecule has 2 rings (SSSR count). The first-order valence-corrected chi connectivity index (χ1v) is 7.34. The van der Waals surface area contributed by atoms with Gasteiger partial charge < -0.3 is 14.5 Å². The third-order valence-corrected chi connectivity index (χ3v) is 3.37. The summed E-state index contributed by atoms with van der Waals surface area (Å²) in [5, 5.41) is 2.29. The first-order chi connectivity index (χ1) is 11.6. The van der Waals surface area contributed by atoms with Crippen molar-refractivity contribution in [3.05, 3.63) is 53.0 Å². The number of halogens is 3. The second-order valence-electron chi connectivity index (χ2n) is 5.44. The number of hydrogen-bond donors (Lipinski definition) is 1. The molecule has 5 nitrogen and oxygen atoms in total. The number of nitrogens with one attached hydrogen (secondary N) is 1. The molecule has 0 aliphatic carbocycles. The molecule has 134 valence electrons. The molecule has 2 aromatic rings. The summed E-state index contributed by atoms with van der Waals surface area (Å²) in [4.78, 5) is 24.1. The number of alkyl halides is 3. The summed E-state index contributed by atoms with van der Waals surface area (Å²) >= 11 is 0. The lowest BCUT2D eigenvalue weighted by Crippen LogP contribution is -2.30. The zero-order valence-corrected chi connectivity index (χ0v) is 13.7. The van der Waals surface area contributed by atoms with Crippen molar-refractivity contribution in [3.63, 3.8) is 0 Å². The topological polar surface area (TPSA) is 68.5 Å². The molecule has 0 fully saturated rings. The Labute approximate surface area is 141 Å². The minimum absolute atomic E-state index is 0.0435. The van der Waals surface area contributed by atoms with E-state index in [9.17, 15) is 22.8 Å². The Balaban J connectivity index is 2.03. The highest BCUT2D eigenvalue weighted by Gasteiger charge is 2.30. The summed E-state index contributed by atoms with van der Waals surface area (Å²) in [5.41, 5.74) is -0.742. The Bertz CT molecular complexity index is 795. The lowest BCUT2D eigenvalue weighted by molar-refractivity contribution is -0.137. The van der Waals surface area contributed by atoms with E-state index in [0.29, 0.717) is 11.5 Å². The van der Waals surface area contributed by atoms with E-state index in [-0.39, 0.29) is 11.3 Å². The molecule has 0 radical (unpaired) electrons. The number of benzene rings is 1. The van der Waals surface area contributed by atoms with Gasteiger partial charge in [0.2, 0.25) is 0 Å². The van der Waals surface area contributed by atoms with Crippen LogP contribution in [0, 0.1) is 13.8 Å². The summed E-state index contributed by atoms with van der Waals surface area (Å²) in [6.07, 6.45) is -5.72. The molecule has 0 spiro atoms. The molecular weight excluding hydrogens is 339 g/mol. The smallest absolute Gasteiger partial charge is 0.416 e. The maximum atomic E-state index is 12.7. The first-order valence-electron chi connectivity index (χ1n) is 7.34. The van der Waals surface area contributed by atoms with Gasteiger partial charge in [-0.05, 0) is 45.0 Å². The quantitative estimate of drug-likeness (QED) is 0.839. The molecule has 0 aliphatic heterocycles. The maximum absolute atomic E-state index is 12.7. The second kappa shape index (κ2) is 7.00. The van der Waals surface area contributed by atoms with Crippen molar-refractivity contribution in [2.75, 3.05) is 5.32 Å². The van der Waals surface area contributed by atoms with Crippen LogP contribution in [0.4, 0.5) is 18.9 Å². The van der Waals surface area contributed by atoms with Crippen molar-refractivity contribution in [2.24, 2.45) is 0 Å². The van der Waals surface area contributed by atoms with Crippen LogP contribution in [0.3, 0.4) is 0 Å². The van der Waals surface area contributed by atoms with Gasteiger partial charge in [-0.3, -0.25) is 4.79 Å². The minimum Gasteiger partial charge on any atom is -0.466 e. The van der Waals surface area contributed by atoms with Gasteiger partial charge in [0.05, 0.1) is 5.56 Å². The molecule has 1 aromatic heterocycles. The normalized spacial score (nSPS) is 12.6. The van der Waals surface area contributed by atoms with Crippen molar-refractivity contribution in [3.8, 4) is 0 Å². The Kier molecular flexibility index (Phi) is 5.20. The molecule has 0 saturated carbocycles. The molecule has 25 heavy (non-hydrogen) atoms. The summed E-state index contributed by atoms with van der Waals surface area (Å²) in [6, 6.07) is 5.66. The van der Waals surface area contributed by atoms with Crippen LogP contribution in [0.1, 0.15) is 34.4 Å². The van der Waals surface area contributed by atoms with Crippen LogP contribution in [-0.4, -0.2) is 18.0 Å². The largest absolute Gasteiger partial charge is 0.466 e. The third-order valence-electron chi connectivity index (χ3n) is 3.37. The van der Waals surface area contributed by atoms with Gasteiger partial charge in [-0.25, -0.2) is 4.79 Å². The molecule has 1 unspecified atom stereocenters. The lowest BCUT2D eigenvalue weighted by Gasteiger charge is -2.14.